The summed E-state index contributed by atoms with van der Waals surface area (Å²) in [7, 11) is -3.81. The number of carbonyl (C=O) groups excluding carboxylic acids is 1. The van der Waals surface area contributed by atoms with Crippen LogP contribution < -0.4 is 10.0 Å². The molecule has 0 bridgehead atoms. The van der Waals surface area contributed by atoms with Crippen molar-refractivity contribution in [2.45, 2.75) is 62.9 Å². The maximum atomic E-state index is 13.1. The van der Waals surface area contributed by atoms with Gasteiger partial charge in [0.1, 0.15) is 6.04 Å². The molecular formula is C23H30N2O3S. The van der Waals surface area contributed by atoms with Crippen molar-refractivity contribution in [3.05, 3.63) is 65.7 Å². The molecule has 2 N–H and O–H groups in total. The molecule has 156 valence electrons. The van der Waals surface area contributed by atoms with Crippen LogP contribution in [0.3, 0.4) is 0 Å². The van der Waals surface area contributed by atoms with Crippen LogP contribution in [0.15, 0.2) is 59.5 Å². The van der Waals surface area contributed by atoms with Gasteiger partial charge < -0.3 is 5.32 Å². The van der Waals surface area contributed by atoms with Gasteiger partial charge in [0.25, 0.3) is 0 Å². The number of aryl methyl sites for hydroxylation is 1. The highest BCUT2D eigenvalue weighted by Crippen LogP contribution is 2.24. The smallest absolute Gasteiger partial charge is 0.241 e. The molecule has 2 aromatic carbocycles. The van der Waals surface area contributed by atoms with Crippen LogP contribution in [0.1, 0.15) is 43.7 Å². The van der Waals surface area contributed by atoms with E-state index in [0.29, 0.717) is 12.3 Å². The Hall–Kier alpha value is -2.18. The van der Waals surface area contributed by atoms with E-state index in [0.717, 1.165) is 30.4 Å². The Morgan fingerprint density at radius 2 is 1.69 bits per heavy atom. The zero-order chi connectivity index (χ0) is 20.9. The SMILES string of the molecule is Cc1ccc(S(=O)(=O)N[C@@H](Cc2ccccc2)C(=O)N[C@@H]2CCCC[C@H]2C)cc1. The summed E-state index contributed by atoms with van der Waals surface area (Å²) >= 11 is 0. The summed E-state index contributed by atoms with van der Waals surface area (Å²) in [6.45, 7) is 4.05. The molecular weight excluding hydrogens is 384 g/mol. The average Bonchev–Trinajstić information content (AvgIpc) is 2.70. The van der Waals surface area contributed by atoms with Crippen molar-refractivity contribution in [1.82, 2.24) is 10.0 Å². The number of nitrogens with one attached hydrogen (secondary N) is 2. The molecule has 5 nitrogen and oxygen atoms in total. The van der Waals surface area contributed by atoms with Crippen molar-refractivity contribution in [3.63, 3.8) is 0 Å². The topological polar surface area (TPSA) is 75.3 Å². The summed E-state index contributed by atoms with van der Waals surface area (Å²) in [4.78, 5) is 13.3. The van der Waals surface area contributed by atoms with Crippen LogP contribution in [-0.2, 0) is 21.2 Å². The minimum Gasteiger partial charge on any atom is -0.352 e. The monoisotopic (exact) mass is 414 g/mol. The maximum Gasteiger partial charge on any atom is 0.241 e. The van der Waals surface area contributed by atoms with Crippen molar-refractivity contribution < 1.29 is 13.2 Å². The number of benzene rings is 2. The largest absolute Gasteiger partial charge is 0.352 e. The normalized spacial score (nSPS) is 20.8. The van der Waals surface area contributed by atoms with E-state index in [1.54, 1.807) is 24.3 Å². The molecule has 1 fully saturated rings. The first-order valence-electron chi connectivity index (χ1n) is 10.3. The summed E-state index contributed by atoms with van der Waals surface area (Å²) in [6.07, 6.45) is 4.60. The van der Waals surface area contributed by atoms with Gasteiger partial charge in [-0.2, -0.15) is 4.72 Å². The van der Waals surface area contributed by atoms with E-state index in [4.69, 9.17) is 0 Å². The molecule has 0 aromatic heterocycles. The summed E-state index contributed by atoms with van der Waals surface area (Å²) in [5.74, 6) is 0.141. The van der Waals surface area contributed by atoms with E-state index >= 15 is 0 Å². The molecule has 3 rings (SSSR count). The quantitative estimate of drug-likeness (QED) is 0.727. The number of sulfonamides is 1. The molecule has 0 saturated heterocycles. The summed E-state index contributed by atoms with van der Waals surface area (Å²) < 4.78 is 28.5. The standard InChI is InChI=1S/C23H30N2O3S/c1-17-12-14-20(15-13-17)29(27,28)25-22(16-19-9-4-3-5-10-19)23(26)24-21-11-7-6-8-18(21)2/h3-5,9-10,12-15,18,21-22,25H,6-8,11,16H2,1-2H3,(H,24,26)/t18-,21-,22+/m1/s1. The van der Waals surface area contributed by atoms with Crippen LogP contribution in [0.5, 0.6) is 0 Å². The van der Waals surface area contributed by atoms with Crippen LogP contribution in [0.25, 0.3) is 0 Å². The zero-order valence-corrected chi connectivity index (χ0v) is 17.9. The number of hydrogen-bond acceptors (Lipinski definition) is 3. The van der Waals surface area contributed by atoms with Crippen molar-refractivity contribution >= 4 is 15.9 Å². The fourth-order valence-electron chi connectivity index (χ4n) is 3.82. The lowest BCUT2D eigenvalue weighted by atomic mass is 9.86. The first kappa shape index (κ1) is 21.5. The van der Waals surface area contributed by atoms with Crippen molar-refractivity contribution in [2.75, 3.05) is 0 Å². The van der Waals surface area contributed by atoms with Gasteiger partial charge in [0, 0.05) is 6.04 Å². The number of carbonyl (C=O) groups is 1. The third-order valence-electron chi connectivity index (χ3n) is 5.67. The highest BCUT2D eigenvalue weighted by molar-refractivity contribution is 7.89. The Morgan fingerprint density at radius 1 is 1.03 bits per heavy atom. The molecule has 1 amide bonds. The van der Waals surface area contributed by atoms with Crippen LogP contribution in [0.4, 0.5) is 0 Å². The molecule has 0 radical (unpaired) electrons. The van der Waals surface area contributed by atoms with E-state index < -0.39 is 16.1 Å². The highest BCUT2D eigenvalue weighted by Gasteiger charge is 2.30. The first-order chi connectivity index (χ1) is 13.8. The molecule has 2 aromatic rings. The minimum atomic E-state index is -3.81. The lowest BCUT2D eigenvalue weighted by Gasteiger charge is -2.31. The Balaban J connectivity index is 1.80. The lowest BCUT2D eigenvalue weighted by molar-refractivity contribution is -0.124. The molecule has 1 saturated carbocycles. The van der Waals surface area contributed by atoms with E-state index in [1.807, 2.05) is 37.3 Å². The van der Waals surface area contributed by atoms with Crippen LogP contribution in [0.2, 0.25) is 0 Å². The minimum absolute atomic E-state index is 0.0957. The van der Waals surface area contributed by atoms with Gasteiger partial charge >= 0.3 is 0 Å². The lowest BCUT2D eigenvalue weighted by Crippen LogP contribution is -2.52. The number of amides is 1. The van der Waals surface area contributed by atoms with E-state index in [1.165, 1.54) is 6.42 Å². The summed E-state index contributed by atoms with van der Waals surface area (Å²) in [5, 5.41) is 3.11. The van der Waals surface area contributed by atoms with Gasteiger partial charge in [0.15, 0.2) is 0 Å². The molecule has 1 aliphatic rings. The Labute approximate surface area is 174 Å². The Bertz CT molecular complexity index is 911. The second kappa shape index (κ2) is 9.55. The van der Waals surface area contributed by atoms with E-state index in [2.05, 4.69) is 17.0 Å². The molecule has 0 heterocycles. The second-order valence-electron chi connectivity index (χ2n) is 8.05. The fraction of sp³-hybridized carbons (Fsp3) is 0.435. The molecule has 0 aliphatic heterocycles. The number of hydrogen-bond donors (Lipinski definition) is 2. The Kier molecular flexibility index (Phi) is 7.09. The molecule has 29 heavy (non-hydrogen) atoms. The fourth-order valence-corrected chi connectivity index (χ4v) is 5.02. The predicted octanol–water partition coefficient (Wildman–Crippen LogP) is 3.58. The molecule has 0 spiro atoms. The van der Waals surface area contributed by atoms with Gasteiger partial charge in [-0.3, -0.25) is 4.79 Å². The summed E-state index contributed by atoms with van der Waals surface area (Å²) in [6, 6.07) is 15.4. The maximum absolute atomic E-state index is 13.1. The summed E-state index contributed by atoms with van der Waals surface area (Å²) in [5.41, 5.74) is 1.89. The van der Waals surface area contributed by atoms with Gasteiger partial charge in [-0.25, -0.2) is 8.42 Å². The molecule has 1 aliphatic carbocycles. The van der Waals surface area contributed by atoms with E-state index in [9.17, 15) is 13.2 Å². The average molecular weight is 415 g/mol. The third-order valence-corrected chi connectivity index (χ3v) is 7.15. The molecule has 6 heteroatoms. The third kappa shape index (κ3) is 5.90. The Morgan fingerprint density at radius 3 is 2.34 bits per heavy atom. The highest BCUT2D eigenvalue weighted by atomic mass is 32.2. The van der Waals surface area contributed by atoms with Gasteiger partial charge in [-0.1, -0.05) is 67.8 Å². The molecule has 0 unspecified atom stereocenters. The predicted molar refractivity (Wildman–Crippen MR) is 115 cm³/mol. The van der Waals surface area contributed by atoms with Gasteiger partial charge in [0.2, 0.25) is 15.9 Å². The van der Waals surface area contributed by atoms with Crippen molar-refractivity contribution in [3.8, 4) is 0 Å². The van der Waals surface area contributed by atoms with Crippen molar-refractivity contribution in [1.29, 1.82) is 0 Å². The molecule has 3 atom stereocenters. The first-order valence-corrected chi connectivity index (χ1v) is 11.8. The van der Waals surface area contributed by atoms with Crippen LogP contribution >= 0.6 is 0 Å². The van der Waals surface area contributed by atoms with Crippen molar-refractivity contribution in [2.24, 2.45) is 5.92 Å². The van der Waals surface area contributed by atoms with Gasteiger partial charge in [0.05, 0.1) is 4.90 Å². The van der Waals surface area contributed by atoms with E-state index in [-0.39, 0.29) is 16.8 Å². The van der Waals surface area contributed by atoms with Crippen LogP contribution in [0, 0.1) is 12.8 Å². The van der Waals surface area contributed by atoms with Gasteiger partial charge in [-0.05, 0) is 49.8 Å². The zero-order valence-electron chi connectivity index (χ0n) is 17.1. The van der Waals surface area contributed by atoms with Crippen LogP contribution in [-0.4, -0.2) is 26.4 Å². The number of rotatable bonds is 7. The second-order valence-corrected chi connectivity index (χ2v) is 9.77. The van der Waals surface area contributed by atoms with Gasteiger partial charge in [-0.15, -0.1) is 0 Å².